The van der Waals surface area contributed by atoms with E-state index >= 15 is 0 Å². The quantitative estimate of drug-likeness (QED) is 0.875. The van der Waals surface area contributed by atoms with Gasteiger partial charge in [-0.1, -0.05) is 0 Å². The molecule has 0 radical (unpaired) electrons. The van der Waals surface area contributed by atoms with Crippen LogP contribution in [0.1, 0.15) is 6.92 Å². The number of anilines is 1. The van der Waals surface area contributed by atoms with Gasteiger partial charge in [-0.3, -0.25) is 5.10 Å². The lowest BCUT2D eigenvalue weighted by atomic mass is 10.2. The van der Waals surface area contributed by atoms with Gasteiger partial charge in [-0.2, -0.15) is 4.98 Å². The van der Waals surface area contributed by atoms with Crippen LogP contribution >= 0.6 is 0 Å². The highest BCUT2D eigenvalue weighted by Crippen LogP contribution is 2.20. The minimum absolute atomic E-state index is 0.351. The minimum Gasteiger partial charge on any atom is -0.337 e. The highest BCUT2D eigenvalue weighted by Gasteiger charge is 2.19. The molecular weight excluding hydrogens is 264 g/mol. The first-order chi connectivity index (χ1) is 9.61. The Balaban J connectivity index is 1.86. The SMILES string of the molecule is C[C@H]1CN(c2n[nH]c(-c3cc(F)cc(F)c3)n2)CCN1. The zero-order chi connectivity index (χ0) is 14.1. The first-order valence-electron chi connectivity index (χ1n) is 6.49. The second-order valence-electron chi connectivity index (χ2n) is 4.94. The third-order valence-electron chi connectivity index (χ3n) is 3.26. The molecule has 20 heavy (non-hydrogen) atoms. The maximum Gasteiger partial charge on any atom is 0.245 e. The minimum atomic E-state index is -0.631. The van der Waals surface area contributed by atoms with Crippen LogP contribution in [0.25, 0.3) is 11.4 Å². The smallest absolute Gasteiger partial charge is 0.245 e. The van der Waals surface area contributed by atoms with Crippen LogP contribution in [-0.2, 0) is 0 Å². The van der Waals surface area contributed by atoms with Gasteiger partial charge in [0.05, 0.1) is 0 Å². The molecule has 2 N–H and O–H groups in total. The molecule has 1 aromatic carbocycles. The van der Waals surface area contributed by atoms with Crippen LogP contribution in [0.5, 0.6) is 0 Å². The van der Waals surface area contributed by atoms with E-state index in [1.165, 1.54) is 12.1 Å². The topological polar surface area (TPSA) is 56.8 Å². The van der Waals surface area contributed by atoms with Crippen molar-refractivity contribution in [2.75, 3.05) is 24.5 Å². The number of benzene rings is 1. The van der Waals surface area contributed by atoms with Gasteiger partial charge in [0, 0.05) is 37.3 Å². The largest absolute Gasteiger partial charge is 0.337 e. The highest BCUT2D eigenvalue weighted by atomic mass is 19.1. The predicted octanol–water partition coefficient (Wildman–Crippen LogP) is 1.55. The Labute approximate surface area is 115 Å². The van der Waals surface area contributed by atoms with E-state index in [4.69, 9.17) is 0 Å². The van der Waals surface area contributed by atoms with Crippen LogP contribution in [-0.4, -0.2) is 40.9 Å². The number of nitrogens with zero attached hydrogens (tertiary/aromatic N) is 3. The van der Waals surface area contributed by atoms with Gasteiger partial charge in [0.2, 0.25) is 5.95 Å². The molecule has 7 heteroatoms. The van der Waals surface area contributed by atoms with E-state index in [-0.39, 0.29) is 0 Å². The van der Waals surface area contributed by atoms with E-state index in [1.54, 1.807) is 0 Å². The average molecular weight is 279 g/mol. The van der Waals surface area contributed by atoms with E-state index in [9.17, 15) is 8.78 Å². The average Bonchev–Trinajstić information content (AvgIpc) is 2.87. The van der Waals surface area contributed by atoms with Crippen molar-refractivity contribution < 1.29 is 8.78 Å². The molecule has 1 aliphatic rings. The Kier molecular flexibility index (Phi) is 3.35. The van der Waals surface area contributed by atoms with Crippen molar-refractivity contribution in [2.45, 2.75) is 13.0 Å². The lowest BCUT2D eigenvalue weighted by Gasteiger charge is -2.30. The van der Waals surface area contributed by atoms with Crippen molar-refractivity contribution >= 4 is 5.95 Å². The van der Waals surface area contributed by atoms with Crippen LogP contribution in [0.4, 0.5) is 14.7 Å². The molecule has 5 nitrogen and oxygen atoms in total. The van der Waals surface area contributed by atoms with E-state index in [0.29, 0.717) is 23.4 Å². The number of hydrogen-bond acceptors (Lipinski definition) is 4. The summed E-state index contributed by atoms with van der Waals surface area (Å²) in [5.41, 5.74) is 0.351. The molecule has 0 saturated carbocycles. The van der Waals surface area contributed by atoms with Crippen molar-refractivity contribution in [1.29, 1.82) is 0 Å². The summed E-state index contributed by atoms with van der Waals surface area (Å²) in [5, 5.41) is 10.2. The highest BCUT2D eigenvalue weighted by molar-refractivity contribution is 5.56. The maximum absolute atomic E-state index is 13.2. The first kappa shape index (κ1) is 13.0. The molecule has 3 rings (SSSR count). The Morgan fingerprint density at radius 1 is 1.25 bits per heavy atom. The molecular formula is C13H15F2N5. The van der Waals surface area contributed by atoms with E-state index in [1.807, 2.05) is 4.90 Å². The molecule has 0 spiro atoms. The number of halogens is 2. The molecule has 0 aliphatic carbocycles. The molecule has 0 bridgehead atoms. The number of piperazine rings is 1. The van der Waals surface area contributed by atoms with Crippen LogP contribution in [0, 0.1) is 11.6 Å². The molecule has 1 atom stereocenters. The van der Waals surface area contributed by atoms with Crippen molar-refractivity contribution in [3.8, 4) is 11.4 Å². The zero-order valence-electron chi connectivity index (χ0n) is 11.0. The van der Waals surface area contributed by atoms with Crippen LogP contribution in [0.2, 0.25) is 0 Å². The molecule has 2 heterocycles. The van der Waals surface area contributed by atoms with Crippen molar-refractivity contribution in [3.05, 3.63) is 29.8 Å². The van der Waals surface area contributed by atoms with Gasteiger partial charge < -0.3 is 10.2 Å². The number of hydrogen-bond donors (Lipinski definition) is 2. The summed E-state index contributed by atoms with van der Waals surface area (Å²) in [6.07, 6.45) is 0. The summed E-state index contributed by atoms with van der Waals surface area (Å²) < 4.78 is 26.4. The summed E-state index contributed by atoms with van der Waals surface area (Å²) in [6.45, 7) is 4.55. The monoisotopic (exact) mass is 279 g/mol. The summed E-state index contributed by atoms with van der Waals surface area (Å²) in [4.78, 5) is 6.36. The first-order valence-corrected chi connectivity index (χ1v) is 6.49. The summed E-state index contributed by atoms with van der Waals surface area (Å²) >= 11 is 0. The fourth-order valence-electron chi connectivity index (χ4n) is 2.33. The normalized spacial score (nSPS) is 19.4. The van der Waals surface area contributed by atoms with E-state index < -0.39 is 11.6 Å². The van der Waals surface area contributed by atoms with E-state index in [0.717, 1.165) is 25.7 Å². The van der Waals surface area contributed by atoms with Gasteiger partial charge in [-0.25, -0.2) is 8.78 Å². The Morgan fingerprint density at radius 3 is 2.70 bits per heavy atom. The zero-order valence-corrected chi connectivity index (χ0v) is 11.0. The third-order valence-corrected chi connectivity index (χ3v) is 3.26. The van der Waals surface area contributed by atoms with Gasteiger partial charge in [-0.05, 0) is 19.1 Å². The molecule has 1 aromatic heterocycles. The van der Waals surface area contributed by atoms with Gasteiger partial charge in [-0.15, -0.1) is 5.10 Å². The Hall–Kier alpha value is -2.02. The molecule has 1 fully saturated rings. The van der Waals surface area contributed by atoms with Gasteiger partial charge in [0.15, 0.2) is 5.82 Å². The number of aromatic amines is 1. The van der Waals surface area contributed by atoms with Crippen molar-refractivity contribution in [1.82, 2.24) is 20.5 Å². The molecule has 1 aliphatic heterocycles. The van der Waals surface area contributed by atoms with Crippen molar-refractivity contribution in [2.24, 2.45) is 0 Å². The summed E-state index contributed by atoms with van der Waals surface area (Å²) in [5.74, 6) is -0.343. The maximum atomic E-state index is 13.2. The number of H-pyrrole nitrogens is 1. The molecule has 106 valence electrons. The fraction of sp³-hybridized carbons (Fsp3) is 0.385. The summed E-state index contributed by atoms with van der Waals surface area (Å²) in [6, 6.07) is 3.65. The van der Waals surface area contributed by atoms with Crippen LogP contribution in [0.3, 0.4) is 0 Å². The molecule has 1 saturated heterocycles. The Morgan fingerprint density at radius 2 is 2.00 bits per heavy atom. The molecule has 0 amide bonds. The van der Waals surface area contributed by atoms with Crippen LogP contribution < -0.4 is 10.2 Å². The standard InChI is InChI=1S/C13H15F2N5/c1-8-7-20(3-2-16-8)13-17-12(18-19-13)9-4-10(14)6-11(15)5-9/h4-6,8,16H,2-3,7H2,1H3,(H,17,18,19)/t8-/m0/s1. The second-order valence-corrected chi connectivity index (χ2v) is 4.94. The number of nitrogens with one attached hydrogen (secondary N) is 2. The Bertz CT molecular complexity index is 592. The van der Waals surface area contributed by atoms with Gasteiger partial charge in [0.25, 0.3) is 0 Å². The van der Waals surface area contributed by atoms with Gasteiger partial charge >= 0.3 is 0 Å². The molecule has 0 unspecified atom stereocenters. The fourth-order valence-corrected chi connectivity index (χ4v) is 2.33. The van der Waals surface area contributed by atoms with Crippen molar-refractivity contribution in [3.63, 3.8) is 0 Å². The lowest BCUT2D eigenvalue weighted by Crippen LogP contribution is -2.49. The number of aromatic nitrogens is 3. The molecule has 2 aromatic rings. The predicted molar refractivity (Wildman–Crippen MR) is 71.4 cm³/mol. The van der Waals surface area contributed by atoms with E-state index in [2.05, 4.69) is 27.4 Å². The third kappa shape index (κ3) is 2.62. The lowest BCUT2D eigenvalue weighted by molar-refractivity contribution is 0.480. The van der Waals surface area contributed by atoms with Gasteiger partial charge in [0.1, 0.15) is 11.6 Å². The van der Waals surface area contributed by atoms with Crippen LogP contribution in [0.15, 0.2) is 18.2 Å². The number of rotatable bonds is 2. The summed E-state index contributed by atoms with van der Waals surface area (Å²) in [7, 11) is 0. The second kappa shape index (κ2) is 5.16.